The number of aryl methyl sites for hydroxylation is 2. The molecule has 1 saturated heterocycles. The van der Waals surface area contributed by atoms with Crippen LogP contribution in [-0.2, 0) is 9.53 Å². The van der Waals surface area contributed by atoms with Crippen molar-refractivity contribution in [3.63, 3.8) is 0 Å². The lowest BCUT2D eigenvalue weighted by molar-refractivity contribution is -0.121. The van der Waals surface area contributed by atoms with Crippen molar-refractivity contribution in [1.82, 2.24) is 9.47 Å². The van der Waals surface area contributed by atoms with Crippen LogP contribution in [0.15, 0.2) is 58.4 Å². The molecule has 1 aliphatic rings. The fourth-order valence-electron chi connectivity index (χ4n) is 3.98. The van der Waals surface area contributed by atoms with E-state index in [4.69, 9.17) is 4.74 Å². The number of carbonyl (C=O) groups is 2. The van der Waals surface area contributed by atoms with Gasteiger partial charge in [0.05, 0.1) is 23.3 Å². The summed E-state index contributed by atoms with van der Waals surface area (Å²) in [4.78, 5) is 31.4. The van der Waals surface area contributed by atoms with Crippen molar-refractivity contribution >= 4 is 40.6 Å². The van der Waals surface area contributed by atoms with Crippen LogP contribution in [0.1, 0.15) is 38.4 Å². The van der Waals surface area contributed by atoms with Crippen LogP contribution < -0.4 is 0 Å². The summed E-state index contributed by atoms with van der Waals surface area (Å²) >= 11 is 1.34. The Kier molecular flexibility index (Phi) is 6.48. The lowest BCUT2D eigenvalue weighted by Crippen LogP contribution is -2.23. The zero-order valence-electron chi connectivity index (χ0n) is 20.2. The zero-order chi connectivity index (χ0) is 24.6. The van der Waals surface area contributed by atoms with Crippen LogP contribution in [0.25, 0.3) is 11.8 Å². The third-order valence-electron chi connectivity index (χ3n) is 6.09. The molecule has 1 amide bonds. The molecule has 6 nitrogen and oxygen atoms in total. The summed E-state index contributed by atoms with van der Waals surface area (Å²) in [6.07, 6.45) is 1.94. The normalized spacial score (nSPS) is 16.1. The molecule has 34 heavy (non-hydrogen) atoms. The molecule has 4 rings (SSSR count). The molecule has 7 heteroatoms. The number of amides is 1. The molecule has 1 aromatic heterocycles. The Hall–Kier alpha value is -3.58. The minimum Gasteiger partial charge on any atom is -0.465 e. The Morgan fingerprint density at radius 1 is 1.06 bits per heavy atom. The van der Waals surface area contributed by atoms with Crippen LogP contribution in [0.5, 0.6) is 0 Å². The quantitative estimate of drug-likeness (QED) is 0.359. The smallest absolute Gasteiger partial charge is 0.337 e. The Labute approximate surface area is 203 Å². The van der Waals surface area contributed by atoms with Crippen LogP contribution in [-0.4, -0.2) is 40.7 Å². The topological polar surface area (TPSA) is 63.9 Å². The summed E-state index contributed by atoms with van der Waals surface area (Å²) in [5.74, 6) is -0.489. The number of hydrogen-bond acceptors (Lipinski definition) is 5. The van der Waals surface area contributed by atoms with Crippen molar-refractivity contribution in [2.75, 3.05) is 14.2 Å². The predicted molar refractivity (Wildman–Crippen MR) is 138 cm³/mol. The number of thioether (sulfide) groups is 1. The van der Waals surface area contributed by atoms with Gasteiger partial charge in [0, 0.05) is 24.1 Å². The van der Waals surface area contributed by atoms with Crippen molar-refractivity contribution in [3.05, 3.63) is 87.1 Å². The third-order valence-corrected chi connectivity index (χ3v) is 7.15. The first kappa shape index (κ1) is 23.6. The third kappa shape index (κ3) is 4.31. The highest BCUT2D eigenvalue weighted by Crippen LogP contribution is 2.35. The van der Waals surface area contributed by atoms with Gasteiger partial charge in [-0.2, -0.15) is 0 Å². The lowest BCUT2D eigenvalue weighted by atomic mass is 10.1. The summed E-state index contributed by atoms with van der Waals surface area (Å²) in [7, 11) is 3.07. The van der Waals surface area contributed by atoms with E-state index in [1.807, 2.05) is 6.08 Å². The number of hydrogen-bond donors (Lipinski definition) is 0. The van der Waals surface area contributed by atoms with Crippen LogP contribution in [0.2, 0.25) is 0 Å². The van der Waals surface area contributed by atoms with E-state index in [1.165, 1.54) is 30.0 Å². The molecular formula is C27H27N3O3S. The number of rotatable bonds is 4. The van der Waals surface area contributed by atoms with Gasteiger partial charge in [0.25, 0.3) is 5.91 Å². The number of likely N-dealkylation sites (N-methyl/N-ethyl adjacent to an activating group) is 1. The van der Waals surface area contributed by atoms with Gasteiger partial charge in [-0.1, -0.05) is 12.1 Å². The first-order chi connectivity index (χ1) is 16.2. The number of amidine groups is 1. The number of esters is 1. The van der Waals surface area contributed by atoms with E-state index in [1.54, 1.807) is 36.2 Å². The van der Waals surface area contributed by atoms with Crippen molar-refractivity contribution in [1.29, 1.82) is 0 Å². The molecule has 0 radical (unpaired) electrons. The maximum Gasteiger partial charge on any atom is 0.337 e. The van der Waals surface area contributed by atoms with Gasteiger partial charge in [-0.05, 0) is 98.6 Å². The van der Waals surface area contributed by atoms with Crippen LogP contribution in [0.4, 0.5) is 5.69 Å². The van der Waals surface area contributed by atoms with Gasteiger partial charge in [-0.15, -0.1) is 0 Å². The molecule has 0 spiro atoms. The monoisotopic (exact) mass is 473 g/mol. The average Bonchev–Trinajstić information content (AvgIpc) is 3.25. The highest BCUT2D eigenvalue weighted by atomic mass is 32.2. The highest BCUT2D eigenvalue weighted by Gasteiger charge is 2.31. The number of nitrogens with zero attached hydrogens (tertiary/aromatic N) is 3. The number of methoxy groups -OCH3 is 1. The van der Waals surface area contributed by atoms with E-state index >= 15 is 0 Å². The first-order valence-electron chi connectivity index (χ1n) is 10.9. The van der Waals surface area contributed by atoms with Crippen molar-refractivity contribution < 1.29 is 14.3 Å². The number of aliphatic imine (C=N–C) groups is 1. The van der Waals surface area contributed by atoms with Gasteiger partial charge >= 0.3 is 5.97 Å². The Bertz CT molecular complexity index is 1350. The fourth-order valence-corrected chi connectivity index (χ4v) is 4.95. The van der Waals surface area contributed by atoms with Gasteiger partial charge in [0.1, 0.15) is 0 Å². The molecule has 1 aliphatic heterocycles. The number of carbonyl (C=O) groups excluding carboxylic acids is 2. The second kappa shape index (κ2) is 9.35. The minimum absolute atomic E-state index is 0.0912. The van der Waals surface area contributed by atoms with Crippen LogP contribution in [0, 0.1) is 27.7 Å². The predicted octanol–water partition coefficient (Wildman–Crippen LogP) is 5.73. The maximum absolute atomic E-state index is 13.0. The zero-order valence-corrected chi connectivity index (χ0v) is 21.0. The van der Waals surface area contributed by atoms with E-state index in [0.29, 0.717) is 21.3 Å². The number of benzene rings is 2. The Balaban J connectivity index is 1.65. The molecule has 0 unspecified atom stereocenters. The first-order valence-corrected chi connectivity index (χ1v) is 11.7. The van der Waals surface area contributed by atoms with Gasteiger partial charge in [0.2, 0.25) is 0 Å². The molecule has 2 heterocycles. The molecule has 3 aromatic rings. The second-order valence-electron chi connectivity index (χ2n) is 8.29. The van der Waals surface area contributed by atoms with E-state index in [9.17, 15) is 9.59 Å². The molecule has 0 N–H and O–H groups in total. The largest absolute Gasteiger partial charge is 0.465 e. The fraction of sp³-hybridized carbons (Fsp3) is 0.222. The van der Waals surface area contributed by atoms with Crippen molar-refractivity contribution in [3.8, 4) is 5.69 Å². The summed E-state index contributed by atoms with van der Waals surface area (Å²) < 4.78 is 6.97. The summed E-state index contributed by atoms with van der Waals surface area (Å²) in [6.45, 7) is 8.40. The highest BCUT2D eigenvalue weighted by molar-refractivity contribution is 8.18. The van der Waals surface area contributed by atoms with E-state index < -0.39 is 5.97 Å². The van der Waals surface area contributed by atoms with Gasteiger partial charge in [-0.3, -0.25) is 9.69 Å². The van der Waals surface area contributed by atoms with Crippen LogP contribution >= 0.6 is 11.8 Å². The molecule has 0 aliphatic carbocycles. The average molecular weight is 474 g/mol. The van der Waals surface area contributed by atoms with Gasteiger partial charge in [-0.25, -0.2) is 9.79 Å². The molecule has 0 bridgehead atoms. The lowest BCUT2D eigenvalue weighted by Gasteiger charge is -2.14. The molecule has 1 fully saturated rings. The molecule has 174 valence electrons. The van der Waals surface area contributed by atoms with E-state index in [2.05, 4.69) is 61.5 Å². The SMILES string of the molecule is COC(=O)c1ccc(N=C2S/C(=C/c3cc(C)n(-c4cccc(C)c4C)c3C)C(=O)N2C)cc1. The standard InChI is InChI=1S/C27H27N3O3S/c1-16-8-7-9-23(18(16)3)30-17(2)14-21(19(30)4)15-24-25(31)29(5)27(34-24)28-22-12-10-20(11-13-22)26(32)33-6/h7-15H,1-6H3/b24-15+,28-27?. The molecular weight excluding hydrogens is 446 g/mol. The van der Waals surface area contributed by atoms with Crippen molar-refractivity contribution in [2.24, 2.45) is 4.99 Å². The molecule has 0 atom stereocenters. The summed E-state index contributed by atoms with van der Waals surface area (Å²) in [5.41, 5.74) is 7.95. The second-order valence-corrected chi connectivity index (χ2v) is 9.30. The molecule has 2 aromatic carbocycles. The van der Waals surface area contributed by atoms with Crippen molar-refractivity contribution in [2.45, 2.75) is 27.7 Å². The summed E-state index contributed by atoms with van der Waals surface area (Å²) in [5, 5.41) is 0.588. The number of aromatic nitrogens is 1. The Morgan fingerprint density at radius 2 is 1.76 bits per heavy atom. The van der Waals surface area contributed by atoms with E-state index in [0.717, 1.165) is 22.6 Å². The summed E-state index contributed by atoms with van der Waals surface area (Å²) in [6, 6.07) is 15.2. The van der Waals surface area contributed by atoms with Gasteiger partial charge < -0.3 is 9.30 Å². The van der Waals surface area contributed by atoms with Crippen LogP contribution in [0.3, 0.4) is 0 Å². The molecule has 0 saturated carbocycles. The van der Waals surface area contributed by atoms with E-state index in [-0.39, 0.29) is 5.91 Å². The Morgan fingerprint density at radius 3 is 2.44 bits per heavy atom. The minimum atomic E-state index is -0.398. The van der Waals surface area contributed by atoms with Gasteiger partial charge in [0.15, 0.2) is 5.17 Å². The number of ether oxygens (including phenoxy) is 1. The maximum atomic E-state index is 13.0.